The first-order valence-corrected chi connectivity index (χ1v) is 9.16. The summed E-state index contributed by atoms with van der Waals surface area (Å²) in [5.41, 5.74) is 0. The number of nitrogens with one attached hydrogen (secondary N) is 2. The number of aryl methyl sites for hydroxylation is 1. The van der Waals surface area contributed by atoms with Crippen molar-refractivity contribution in [2.75, 3.05) is 25.1 Å². The minimum Gasteiger partial charge on any atom is -0.357 e. The Morgan fingerprint density at radius 1 is 1.29 bits per heavy atom. The van der Waals surface area contributed by atoms with Crippen molar-refractivity contribution in [3.63, 3.8) is 0 Å². The van der Waals surface area contributed by atoms with Crippen molar-refractivity contribution in [3.8, 4) is 0 Å². The minimum absolute atomic E-state index is 0.585. The first-order chi connectivity index (χ1) is 10.3. The van der Waals surface area contributed by atoms with Crippen molar-refractivity contribution in [2.45, 2.75) is 45.7 Å². The molecule has 0 saturated carbocycles. The van der Waals surface area contributed by atoms with Gasteiger partial charge in [0.15, 0.2) is 11.8 Å². The minimum atomic E-state index is 0.585. The molecule has 0 bridgehead atoms. The highest BCUT2D eigenvalue weighted by molar-refractivity contribution is 7.98. The highest BCUT2D eigenvalue weighted by atomic mass is 32.2. The molecule has 0 aromatic carbocycles. The van der Waals surface area contributed by atoms with Gasteiger partial charge in [-0.3, -0.25) is 0 Å². The van der Waals surface area contributed by atoms with Crippen molar-refractivity contribution in [1.82, 2.24) is 25.4 Å². The van der Waals surface area contributed by atoms with E-state index in [0.29, 0.717) is 6.54 Å². The summed E-state index contributed by atoms with van der Waals surface area (Å²) < 4.78 is 2.25. The number of hydrogen-bond donors (Lipinski definition) is 2. The summed E-state index contributed by atoms with van der Waals surface area (Å²) in [7, 11) is 0. The SMILES string of the molecule is CCNC(=NCc1nnc2n1CCCCC2)NCCSC. The van der Waals surface area contributed by atoms with E-state index in [1.165, 1.54) is 19.3 Å². The molecule has 0 radical (unpaired) electrons. The number of aliphatic imine (C=N–C) groups is 1. The third-order valence-electron chi connectivity index (χ3n) is 3.51. The molecule has 0 fully saturated rings. The van der Waals surface area contributed by atoms with Crippen LogP contribution in [0.4, 0.5) is 0 Å². The van der Waals surface area contributed by atoms with E-state index in [4.69, 9.17) is 0 Å². The van der Waals surface area contributed by atoms with Crippen molar-refractivity contribution in [1.29, 1.82) is 0 Å². The molecule has 0 atom stereocenters. The molecule has 1 aliphatic rings. The molecule has 6 nitrogen and oxygen atoms in total. The monoisotopic (exact) mass is 310 g/mol. The number of fused-ring (bicyclic) bond motifs is 1. The second-order valence-electron chi connectivity index (χ2n) is 5.11. The van der Waals surface area contributed by atoms with Gasteiger partial charge in [-0.2, -0.15) is 11.8 Å². The van der Waals surface area contributed by atoms with Crippen molar-refractivity contribution in [3.05, 3.63) is 11.6 Å². The Balaban J connectivity index is 1.98. The molecule has 2 heterocycles. The van der Waals surface area contributed by atoms with Crippen molar-refractivity contribution < 1.29 is 0 Å². The van der Waals surface area contributed by atoms with E-state index in [0.717, 1.165) is 49.4 Å². The number of aromatic nitrogens is 3. The maximum atomic E-state index is 4.63. The Labute approximate surface area is 131 Å². The number of hydrogen-bond acceptors (Lipinski definition) is 4. The van der Waals surface area contributed by atoms with Crippen LogP contribution < -0.4 is 10.6 Å². The molecule has 1 aliphatic heterocycles. The zero-order valence-electron chi connectivity index (χ0n) is 13.1. The lowest BCUT2D eigenvalue weighted by atomic mass is 10.2. The van der Waals surface area contributed by atoms with E-state index < -0.39 is 0 Å². The molecule has 0 unspecified atom stereocenters. The predicted molar refractivity (Wildman–Crippen MR) is 88.8 cm³/mol. The summed E-state index contributed by atoms with van der Waals surface area (Å²) >= 11 is 1.83. The smallest absolute Gasteiger partial charge is 0.191 e. The molecule has 1 aromatic heterocycles. The number of guanidine groups is 1. The molecule has 21 heavy (non-hydrogen) atoms. The quantitative estimate of drug-likeness (QED) is 0.472. The Morgan fingerprint density at radius 3 is 3.00 bits per heavy atom. The van der Waals surface area contributed by atoms with Crippen LogP contribution in [0.25, 0.3) is 0 Å². The van der Waals surface area contributed by atoms with Gasteiger partial charge in [0.2, 0.25) is 0 Å². The Kier molecular flexibility index (Phi) is 6.85. The van der Waals surface area contributed by atoms with Gasteiger partial charge >= 0.3 is 0 Å². The van der Waals surface area contributed by atoms with E-state index in [-0.39, 0.29) is 0 Å². The van der Waals surface area contributed by atoms with E-state index in [2.05, 4.69) is 43.6 Å². The van der Waals surface area contributed by atoms with E-state index >= 15 is 0 Å². The van der Waals surface area contributed by atoms with Crippen LogP contribution in [0.5, 0.6) is 0 Å². The fourth-order valence-electron chi connectivity index (χ4n) is 2.43. The maximum absolute atomic E-state index is 4.63. The average molecular weight is 310 g/mol. The summed E-state index contributed by atoms with van der Waals surface area (Å²) in [5.74, 6) is 4.04. The number of nitrogens with zero attached hydrogens (tertiary/aromatic N) is 4. The van der Waals surface area contributed by atoms with Crippen LogP contribution in [0.15, 0.2) is 4.99 Å². The third-order valence-corrected chi connectivity index (χ3v) is 4.12. The normalized spacial score (nSPS) is 15.4. The van der Waals surface area contributed by atoms with Crippen LogP contribution in [0.1, 0.15) is 37.8 Å². The second-order valence-corrected chi connectivity index (χ2v) is 6.10. The van der Waals surface area contributed by atoms with Gasteiger partial charge in [-0.1, -0.05) is 6.42 Å². The summed E-state index contributed by atoms with van der Waals surface area (Å²) in [6.45, 7) is 5.48. The van der Waals surface area contributed by atoms with Gasteiger partial charge in [0.1, 0.15) is 12.4 Å². The Bertz CT molecular complexity index is 456. The molecular formula is C14H26N6S. The largest absolute Gasteiger partial charge is 0.357 e. The van der Waals surface area contributed by atoms with Gasteiger partial charge in [0.05, 0.1) is 0 Å². The molecule has 0 amide bonds. The summed E-state index contributed by atoms with van der Waals surface area (Å²) in [4.78, 5) is 4.63. The van der Waals surface area contributed by atoms with Crippen molar-refractivity contribution in [2.24, 2.45) is 4.99 Å². The average Bonchev–Trinajstić information content (AvgIpc) is 2.72. The zero-order chi connectivity index (χ0) is 14.9. The molecular weight excluding hydrogens is 284 g/mol. The van der Waals surface area contributed by atoms with E-state index in [1.54, 1.807) is 0 Å². The molecule has 7 heteroatoms. The van der Waals surface area contributed by atoms with E-state index in [1.807, 2.05) is 11.8 Å². The highest BCUT2D eigenvalue weighted by Gasteiger charge is 2.14. The standard InChI is InChI=1S/C14H26N6S/c1-3-15-14(16-8-10-21-2)17-11-13-19-18-12-7-5-4-6-9-20(12)13/h3-11H2,1-2H3,(H2,15,16,17). The highest BCUT2D eigenvalue weighted by Crippen LogP contribution is 2.14. The first kappa shape index (κ1) is 16.1. The topological polar surface area (TPSA) is 67.1 Å². The van der Waals surface area contributed by atoms with Gasteiger partial charge in [0, 0.05) is 31.8 Å². The van der Waals surface area contributed by atoms with Crippen LogP contribution in [0.3, 0.4) is 0 Å². The molecule has 2 N–H and O–H groups in total. The van der Waals surface area contributed by atoms with Crippen LogP contribution in [0.2, 0.25) is 0 Å². The lowest BCUT2D eigenvalue weighted by molar-refractivity contribution is 0.605. The summed E-state index contributed by atoms with van der Waals surface area (Å²) in [6.07, 6.45) is 6.87. The van der Waals surface area contributed by atoms with Gasteiger partial charge in [-0.15, -0.1) is 10.2 Å². The summed E-state index contributed by atoms with van der Waals surface area (Å²) in [5, 5.41) is 15.2. The molecule has 118 valence electrons. The van der Waals surface area contributed by atoms with Gasteiger partial charge in [0.25, 0.3) is 0 Å². The maximum Gasteiger partial charge on any atom is 0.191 e. The lowest BCUT2D eigenvalue weighted by Crippen LogP contribution is -2.38. The van der Waals surface area contributed by atoms with Crippen LogP contribution >= 0.6 is 11.8 Å². The molecule has 0 saturated heterocycles. The van der Waals surface area contributed by atoms with Crippen LogP contribution in [-0.4, -0.2) is 45.8 Å². The Hall–Kier alpha value is -1.24. The zero-order valence-corrected chi connectivity index (χ0v) is 13.9. The van der Waals surface area contributed by atoms with Crippen LogP contribution in [-0.2, 0) is 19.5 Å². The van der Waals surface area contributed by atoms with Gasteiger partial charge in [-0.25, -0.2) is 4.99 Å². The van der Waals surface area contributed by atoms with Gasteiger partial charge < -0.3 is 15.2 Å². The Morgan fingerprint density at radius 2 is 2.19 bits per heavy atom. The van der Waals surface area contributed by atoms with E-state index in [9.17, 15) is 0 Å². The number of rotatable bonds is 6. The lowest BCUT2D eigenvalue weighted by Gasteiger charge is -2.11. The van der Waals surface area contributed by atoms with Crippen LogP contribution in [0, 0.1) is 0 Å². The van der Waals surface area contributed by atoms with Crippen molar-refractivity contribution >= 4 is 17.7 Å². The molecule has 0 aliphatic carbocycles. The fraction of sp³-hybridized carbons (Fsp3) is 0.786. The summed E-state index contributed by atoms with van der Waals surface area (Å²) in [6, 6.07) is 0. The van der Waals surface area contributed by atoms with Gasteiger partial charge in [-0.05, 0) is 26.0 Å². The number of thioether (sulfide) groups is 1. The fourth-order valence-corrected chi connectivity index (χ4v) is 2.73. The predicted octanol–water partition coefficient (Wildman–Crippen LogP) is 1.42. The second kappa shape index (κ2) is 8.92. The molecule has 2 rings (SSSR count). The first-order valence-electron chi connectivity index (χ1n) is 7.77. The molecule has 1 aromatic rings. The molecule has 0 spiro atoms. The third kappa shape index (κ3) is 4.91.